The van der Waals surface area contributed by atoms with Crippen LogP contribution in [-0.2, 0) is 27.7 Å². The van der Waals surface area contributed by atoms with Gasteiger partial charge in [-0.3, -0.25) is 4.79 Å². The average molecular weight is 530 g/mol. The lowest BCUT2D eigenvalue weighted by Crippen LogP contribution is -2.58. The Hall–Kier alpha value is -2.26. The topological polar surface area (TPSA) is 113 Å². The number of nitrogens with one attached hydrogen (secondary N) is 1. The number of piperidine rings is 1. The first kappa shape index (κ1) is 29.3. The molecule has 0 spiro atoms. The Morgan fingerprint density at radius 1 is 1.03 bits per heavy atom. The Kier molecular flexibility index (Phi) is 10.3. The number of rotatable bonds is 11. The molecule has 0 aromatic heterocycles. The molecule has 3 rings (SSSR count). The number of nitrogens with zero attached hydrogens (tertiary/aromatic N) is 1. The molecule has 0 radical (unpaired) electrons. The molecule has 1 heterocycles. The number of sulfonamides is 1. The Morgan fingerprint density at radius 3 is 2.11 bits per heavy atom. The van der Waals surface area contributed by atoms with Crippen molar-refractivity contribution in [1.29, 1.82) is 0 Å². The van der Waals surface area contributed by atoms with Crippen molar-refractivity contribution in [3.05, 3.63) is 71.8 Å². The van der Waals surface area contributed by atoms with Crippen LogP contribution < -0.4 is 11.1 Å². The number of amides is 1. The monoisotopic (exact) mass is 529 g/mol. The van der Waals surface area contributed by atoms with Gasteiger partial charge in [0.1, 0.15) is 0 Å². The summed E-state index contributed by atoms with van der Waals surface area (Å²) in [4.78, 5) is 13.4. The Labute approximate surface area is 222 Å². The molecule has 6 atom stereocenters. The molecule has 4 N–H and O–H groups in total. The maximum atomic E-state index is 13.6. The van der Waals surface area contributed by atoms with Gasteiger partial charge in [-0.25, -0.2) is 8.42 Å². The Balaban J connectivity index is 1.79. The third kappa shape index (κ3) is 7.63. The van der Waals surface area contributed by atoms with Gasteiger partial charge in [0.15, 0.2) is 5.25 Å². The van der Waals surface area contributed by atoms with Gasteiger partial charge in [0.05, 0.1) is 12.1 Å². The Bertz CT molecular complexity index is 1090. The van der Waals surface area contributed by atoms with E-state index in [1.807, 2.05) is 74.5 Å². The zero-order valence-corrected chi connectivity index (χ0v) is 23.3. The number of carbonyl (C=O) groups excluding carboxylic acids is 1. The first-order valence-electron chi connectivity index (χ1n) is 13.3. The fraction of sp³-hybridized carbons (Fsp3) is 0.552. The summed E-state index contributed by atoms with van der Waals surface area (Å²) in [6.45, 7) is 8.05. The summed E-state index contributed by atoms with van der Waals surface area (Å²) in [5, 5.41) is 12.8. The predicted octanol–water partition coefficient (Wildman–Crippen LogP) is 3.12. The molecular weight excluding hydrogens is 486 g/mol. The zero-order chi connectivity index (χ0) is 27.2. The molecule has 7 nitrogen and oxygen atoms in total. The zero-order valence-electron chi connectivity index (χ0n) is 22.5. The summed E-state index contributed by atoms with van der Waals surface area (Å²) in [5.74, 6) is -0.0241. The SMILES string of the molecule is CC1CCN(S(=O)(=O)C(C)C(=O)NC(Cc2ccccc2)C(O)C(N)Cc2ccccc2)C(C(C)C)C1. The average Bonchev–Trinajstić information content (AvgIpc) is 2.88. The molecule has 1 amide bonds. The number of hydrogen-bond acceptors (Lipinski definition) is 5. The number of aliphatic hydroxyl groups excluding tert-OH is 1. The molecule has 1 aliphatic rings. The lowest BCUT2D eigenvalue weighted by Gasteiger charge is -2.41. The van der Waals surface area contributed by atoms with Crippen molar-refractivity contribution < 1.29 is 18.3 Å². The fourth-order valence-corrected chi connectivity index (χ4v) is 6.96. The van der Waals surface area contributed by atoms with Gasteiger partial charge in [-0.05, 0) is 55.6 Å². The quantitative estimate of drug-likeness (QED) is 0.414. The molecule has 8 heteroatoms. The minimum atomic E-state index is -3.88. The van der Waals surface area contributed by atoms with E-state index in [1.54, 1.807) is 0 Å². The highest BCUT2D eigenvalue weighted by Crippen LogP contribution is 2.31. The van der Waals surface area contributed by atoms with E-state index >= 15 is 0 Å². The molecule has 1 saturated heterocycles. The van der Waals surface area contributed by atoms with Gasteiger partial charge in [0, 0.05) is 18.6 Å². The van der Waals surface area contributed by atoms with Gasteiger partial charge in [0.2, 0.25) is 15.9 Å². The Morgan fingerprint density at radius 2 is 1.57 bits per heavy atom. The largest absolute Gasteiger partial charge is 0.389 e. The smallest absolute Gasteiger partial charge is 0.239 e. The van der Waals surface area contributed by atoms with Gasteiger partial charge in [0.25, 0.3) is 0 Å². The number of hydrogen-bond donors (Lipinski definition) is 3. The minimum Gasteiger partial charge on any atom is -0.389 e. The molecule has 1 fully saturated rings. The van der Waals surface area contributed by atoms with Crippen molar-refractivity contribution >= 4 is 15.9 Å². The van der Waals surface area contributed by atoms with Gasteiger partial charge >= 0.3 is 0 Å². The number of nitrogens with two attached hydrogens (primary N) is 1. The van der Waals surface area contributed by atoms with E-state index in [-0.39, 0.29) is 12.0 Å². The molecule has 0 saturated carbocycles. The highest BCUT2D eigenvalue weighted by atomic mass is 32.2. The highest BCUT2D eigenvalue weighted by molar-refractivity contribution is 7.90. The second-order valence-electron chi connectivity index (χ2n) is 10.9. The first-order valence-corrected chi connectivity index (χ1v) is 14.8. The van der Waals surface area contributed by atoms with Crippen molar-refractivity contribution in [3.63, 3.8) is 0 Å². The maximum absolute atomic E-state index is 13.6. The molecule has 2 aromatic rings. The number of benzene rings is 2. The van der Waals surface area contributed by atoms with E-state index < -0.39 is 39.4 Å². The molecule has 37 heavy (non-hydrogen) atoms. The second-order valence-corrected chi connectivity index (χ2v) is 13.1. The van der Waals surface area contributed by atoms with Crippen LogP contribution >= 0.6 is 0 Å². The summed E-state index contributed by atoms with van der Waals surface area (Å²) in [5.41, 5.74) is 8.29. The summed E-state index contributed by atoms with van der Waals surface area (Å²) in [6, 6.07) is 17.6. The summed E-state index contributed by atoms with van der Waals surface area (Å²) >= 11 is 0. The van der Waals surface area contributed by atoms with E-state index in [0.29, 0.717) is 25.3 Å². The maximum Gasteiger partial charge on any atom is 0.239 e. The van der Waals surface area contributed by atoms with Crippen molar-refractivity contribution in [3.8, 4) is 0 Å². The molecule has 0 aliphatic carbocycles. The summed E-state index contributed by atoms with van der Waals surface area (Å²) < 4.78 is 28.8. The van der Waals surface area contributed by atoms with Crippen LogP contribution in [0.2, 0.25) is 0 Å². The summed E-state index contributed by atoms with van der Waals surface area (Å²) in [7, 11) is -3.88. The van der Waals surface area contributed by atoms with Crippen molar-refractivity contribution in [2.75, 3.05) is 6.54 Å². The summed E-state index contributed by atoms with van der Waals surface area (Å²) in [6.07, 6.45) is 1.26. The van der Waals surface area contributed by atoms with E-state index in [2.05, 4.69) is 12.2 Å². The lowest BCUT2D eigenvalue weighted by atomic mass is 9.88. The van der Waals surface area contributed by atoms with Crippen LogP contribution in [0.15, 0.2) is 60.7 Å². The molecule has 1 aliphatic heterocycles. The standard InChI is InChI=1S/C29H43N3O4S/c1-20(2)27-17-21(3)15-16-32(27)37(35,36)22(4)29(34)31-26(19-24-13-9-6-10-14-24)28(33)25(30)18-23-11-7-5-8-12-23/h5-14,20-22,25-28,33H,15-19,30H2,1-4H3,(H,31,34). The van der Waals surface area contributed by atoms with Gasteiger partial charge in [-0.2, -0.15) is 4.31 Å². The third-order valence-corrected chi connectivity index (χ3v) is 9.77. The van der Waals surface area contributed by atoms with Gasteiger partial charge in [-0.15, -0.1) is 0 Å². The van der Waals surface area contributed by atoms with Crippen LogP contribution in [0.5, 0.6) is 0 Å². The predicted molar refractivity (Wildman–Crippen MR) is 148 cm³/mol. The van der Waals surface area contributed by atoms with Gasteiger partial charge in [-0.1, -0.05) is 81.4 Å². The number of carbonyl (C=O) groups is 1. The van der Waals surface area contributed by atoms with Crippen molar-refractivity contribution in [1.82, 2.24) is 9.62 Å². The third-order valence-electron chi connectivity index (χ3n) is 7.56. The van der Waals surface area contributed by atoms with Crippen LogP contribution in [0.25, 0.3) is 0 Å². The van der Waals surface area contributed by atoms with Crippen molar-refractivity contribution in [2.45, 2.75) is 82.9 Å². The fourth-order valence-electron chi connectivity index (χ4n) is 5.15. The molecule has 204 valence electrons. The van der Waals surface area contributed by atoms with E-state index in [4.69, 9.17) is 5.73 Å². The number of aliphatic hydroxyl groups is 1. The van der Waals surface area contributed by atoms with Crippen molar-refractivity contribution in [2.24, 2.45) is 17.6 Å². The van der Waals surface area contributed by atoms with Crippen LogP contribution in [0, 0.1) is 11.8 Å². The highest BCUT2D eigenvalue weighted by Gasteiger charge is 2.42. The van der Waals surface area contributed by atoms with Crippen LogP contribution in [0.1, 0.15) is 51.7 Å². The first-order chi connectivity index (χ1) is 17.5. The van der Waals surface area contributed by atoms with E-state index in [1.165, 1.54) is 11.2 Å². The van der Waals surface area contributed by atoms with Gasteiger partial charge < -0.3 is 16.2 Å². The van der Waals surface area contributed by atoms with Crippen LogP contribution in [0.3, 0.4) is 0 Å². The van der Waals surface area contributed by atoms with Crippen LogP contribution in [0.4, 0.5) is 0 Å². The minimum absolute atomic E-state index is 0.131. The molecule has 2 aromatic carbocycles. The lowest BCUT2D eigenvalue weighted by molar-refractivity contribution is -0.122. The molecular formula is C29H43N3O4S. The van der Waals surface area contributed by atoms with Crippen LogP contribution in [-0.4, -0.2) is 59.8 Å². The molecule has 0 bridgehead atoms. The molecule has 6 unspecified atom stereocenters. The second kappa shape index (κ2) is 13.0. The van der Waals surface area contributed by atoms with E-state index in [9.17, 15) is 18.3 Å². The normalized spacial score (nSPS) is 22.2. The van der Waals surface area contributed by atoms with E-state index in [0.717, 1.165) is 24.0 Å².